The van der Waals surface area contributed by atoms with E-state index in [-0.39, 0.29) is 6.41 Å². The first-order chi connectivity index (χ1) is 18.5. The minimum Gasteiger partial charge on any atom is -0.496 e. The lowest BCUT2D eigenvalue weighted by molar-refractivity contribution is -0.106. The standard InChI is InChI=1S/C28H34ClN5O.CH3NO/c1-4-13-34-14-11-19(12-15-34)20-9-10-21(24(16-20)35-3)27-32-26-25(22(29)17-30-28(26)33-27)31-23-8-6-5-7-18(23)2;2-1-3/h5,7,9-11,16-18,23H,4,6,8,12-15H2,1-3H3,(H2,30,31,32,33);1H,(H2,2,3)/t18-,23+;/m1./s1. The van der Waals surface area contributed by atoms with E-state index in [0.717, 1.165) is 67.2 Å². The number of pyridine rings is 1. The van der Waals surface area contributed by atoms with Gasteiger partial charge in [-0.2, -0.15) is 0 Å². The number of allylic oxidation sites excluding steroid dienone is 1. The van der Waals surface area contributed by atoms with Gasteiger partial charge >= 0.3 is 0 Å². The molecule has 4 N–H and O–H groups in total. The maximum Gasteiger partial charge on any atom is 0.204 e. The quantitative estimate of drug-likeness (QED) is 0.266. The van der Waals surface area contributed by atoms with Crippen LogP contribution in [0.2, 0.25) is 5.02 Å². The third kappa shape index (κ3) is 6.19. The molecular weight excluding hydrogens is 500 g/mol. The van der Waals surface area contributed by atoms with Crippen LogP contribution in [0, 0.1) is 5.92 Å². The first-order valence-electron chi connectivity index (χ1n) is 13.2. The molecular formula is C29H37ClN6O2. The zero-order chi connectivity index (χ0) is 27.1. The van der Waals surface area contributed by atoms with Crippen molar-refractivity contribution in [1.82, 2.24) is 19.9 Å². The second-order valence-corrected chi connectivity index (χ2v) is 10.1. The number of H-pyrrole nitrogens is 1. The lowest BCUT2D eigenvalue weighted by Gasteiger charge is -2.27. The fourth-order valence-electron chi connectivity index (χ4n) is 5.15. The van der Waals surface area contributed by atoms with Gasteiger partial charge in [-0.1, -0.05) is 49.7 Å². The highest BCUT2D eigenvalue weighted by atomic mass is 35.5. The van der Waals surface area contributed by atoms with Gasteiger partial charge in [0.05, 0.1) is 29.6 Å². The average molecular weight is 537 g/mol. The molecule has 0 saturated carbocycles. The van der Waals surface area contributed by atoms with Gasteiger partial charge in [-0.3, -0.25) is 9.69 Å². The van der Waals surface area contributed by atoms with Gasteiger partial charge in [-0.15, -0.1) is 0 Å². The molecule has 1 aliphatic heterocycles. The van der Waals surface area contributed by atoms with E-state index in [4.69, 9.17) is 26.1 Å². The number of halogens is 1. The number of imidazole rings is 1. The number of aromatic amines is 1. The van der Waals surface area contributed by atoms with Crippen molar-refractivity contribution < 1.29 is 9.53 Å². The number of anilines is 1. The van der Waals surface area contributed by atoms with E-state index < -0.39 is 0 Å². The summed E-state index contributed by atoms with van der Waals surface area (Å²) in [5.74, 6) is 1.95. The molecule has 5 rings (SSSR count). The molecule has 9 heteroatoms. The summed E-state index contributed by atoms with van der Waals surface area (Å²) in [5, 5.41) is 4.26. The van der Waals surface area contributed by atoms with E-state index >= 15 is 0 Å². The first kappa shape index (κ1) is 27.7. The Hall–Kier alpha value is -3.36. The Bertz CT molecular complexity index is 1320. The number of nitrogens with one attached hydrogen (secondary N) is 2. The number of rotatable bonds is 7. The van der Waals surface area contributed by atoms with Crippen molar-refractivity contribution in [3.05, 3.63) is 53.2 Å². The largest absolute Gasteiger partial charge is 0.496 e. The van der Waals surface area contributed by atoms with Crippen molar-refractivity contribution in [3.63, 3.8) is 0 Å². The predicted molar refractivity (Wildman–Crippen MR) is 155 cm³/mol. The number of carbonyl (C=O) groups excluding carboxylic acids is 1. The maximum absolute atomic E-state index is 8.58. The van der Waals surface area contributed by atoms with Crippen molar-refractivity contribution in [1.29, 1.82) is 0 Å². The van der Waals surface area contributed by atoms with Crippen LogP contribution < -0.4 is 15.8 Å². The van der Waals surface area contributed by atoms with Crippen molar-refractivity contribution >= 4 is 40.4 Å². The molecule has 1 amide bonds. The molecule has 0 bridgehead atoms. The number of nitrogens with two attached hydrogens (primary N) is 1. The van der Waals surface area contributed by atoms with Crippen LogP contribution in [0.3, 0.4) is 0 Å². The Morgan fingerprint density at radius 3 is 2.87 bits per heavy atom. The molecule has 0 fully saturated rings. The molecule has 38 heavy (non-hydrogen) atoms. The summed E-state index contributed by atoms with van der Waals surface area (Å²) in [6, 6.07) is 6.70. The number of benzene rings is 1. The fraction of sp³-hybridized carbons (Fsp3) is 0.414. The number of methoxy groups -OCH3 is 1. The van der Waals surface area contributed by atoms with Crippen LogP contribution in [0.1, 0.15) is 45.1 Å². The number of aromatic nitrogens is 3. The van der Waals surface area contributed by atoms with Crippen LogP contribution in [0.25, 0.3) is 28.1 Å². The van der Waals surface area contributed by atoms with Crippen molar-refractivity contribution in [2.45, 2.75) is 45.6 Å². The van der Waals surface area contributed by atoms with Crippen LogP contribution in [0.15, 0.2) is 42.6 Å². The van der Waals surface area contributed by atoms with E-state index in [1.807, 2.05) is 0 Å². The van der Waals surface area contributed by atoms with Gasteiger partial charge < -0.3 is 20.8 Å². The maximum atomic E-state index is 8.58. The highest BCUT2D eigenvalue weighted by molar-refractivity contribution is 6.34. The Balaban J connectivity index is 0.00000107. The lowest BCUT2D eigenvalue weighted by Crippen LogP contribution is -2.29. The SMILES string of the molecule is CCCN1CC=C(c2ccc(-c3nc4ncc(Cl)c(N[C@H]5CCC=C[C@H]5C)c4[nH]3)c(OC)c2)CC1.NC=O. The fourth-order valence-corrected chi connectivity index (χ4v) is 5.35. The highest BCUT2D eigenvalue weighted by Gasteiger charge is 2.22. The summed E-state index contributed by atoms with van der Waals surface area (Å²) in [5.41, 5.74) is 9.99. The van der Waals surface area contributed by atoms with Gasteiger partial charge in [0.25, 0.3) is 0 Å². The monoisotopic (exact) mass is 536 g/mol. The topological polar surface area (TPSA) is 109 Å². The van der Waals surface area contributed by atoms with E-state index in [9.17, 15) is 0 Å². The number of nitrogens with zero attached hydrogens (tertiary/aromatic N) is 3. The molecule has 2 aromatic heterocycles. The molecule has 202 valence electrons. The van der Waals surface area contributed by atoms with Crippen LogP contribution in [0.4, 0.5) is 5.69 Å². The summed E-state index contributed by atoms with van der Waals surface area (Å²) < 4.78 is 5.81. The van der Waals surface area contributed by atoms with Crippen LogP contribution in [-0.2, 0) is 4.79 Å². The van der Waals surface area contributed by atoms with E-state index in [1.54, 1.807) is 13.3 Å². The minimum atomic E-state index is 0.250. The molecule has 0 radical (unpaired) electrons. The number of fused-ring (bicyclic) bond motifs is 1. The summed E-state index contributed by atoms with van der Waals surface area (Å²) in [4.78, 5) is 23.8. The Morgan fingerprint density at radius 2 is 2.18 bits per heavy atom. The predicted octanol–water partition coefficient (Wildman–Crippen LogP) is 5.65. The third-order valence-corrected chi connectivity index (χ3v) is 7.47. The number of amides is 1. The normalized spacial score (nSPS) is 19.4. The zero-order valence-corrected chi connectivity index (χ0v) is 23.1. The van der Waals surface area contributed by atoms with Gasteiger partial charge in [0, 0.05) is 19.1 Å². The molecule has 2 aliphatic rings. The Morgan fingerprint density at radius 1 is 1.37 bits per heavy atom. The number of hydrogen-bond acceptors (Lipinski definition) is 6. The number of primary amides is 1. The summed E-state index contributed by atoms with van der Waals surface area (Å²) >= 11 is 6.60. The molecule has 2 atom stereocenters. The van der Waals surface area contributed by atoms with Gasteiger partial charge in [0.2, 0.25) is 6.41 Å². The smallest absolute Gasteiger partial charge is 0.204 e. The van der Waals surface area contributed by atoms with E-state index in [0.29, 0.717) is 22.6 Å². The van der Waals surface area contributed by atoms with Crippen molar-refractivity contribution in [3.8, 4) is 17.1 Å². The molecule has 3 aromatic rings. The third-order valence-electron chi connectivity index (χ3n) is 7.18. The molecule has 1 aromatic carbocycles. The van der Waals surface area contributed by atoms with Gasteiger partial charge in [0.1, 0.15) is 17.1 Å². The zero-order valence-electron chi connectivity index (χ0n) is 22.3. The van der Waals surface area contributed by atoms with Crippen molar-refractivity contribution in [2.24, 2.45) is 11.7 Å². The van der Waals surface area contributed by atoms with Gasteiger partial charge in [0.15, 0.2) is 5.65 Å². The molecule has 0 saturated heterocycles. The number of carbonyl (C=O) groups is 1. The van der Waals surface area contributed by atoms with E-state index in [2.05, 4.69) is 76.2 Å². The van der Waals surface area contributed by atoms with Crippen LogP contribution in [0.5, 0.6) is 5.75 Å². The number of hydrogen-bond donors (Lipinski definition) is 3. The number of ether oxygens (including phenoxy) is 1. The van der Waals surface area contributed by atoms with E-state index in [1.165, 1.54) is 17.6 Å². The molecule has 0 unspecified atom stereocenters. The average Bonchev–Trinajstić information content (AvgIpc) is 3.36. The Labute approximate surface area is 229 Å². The van der Waals surface area contributed by atoms with Gasteiger partial charge in [-0.05, 0) is 61.4 Å². The molecule has 8 nitrogen and oxygen atoms in total. The van der Waals surface area contributed by atoms with Crippen LogP contribution >= 0.6 is 11.6 Å². The van der Waals surface area contributed by atoms with Crippen molar-refractivity contribution in [2.75, 3.05) is 32.1 Å². The minimum absolute atomic E-state index is 0.250. The highest BCUT2D eigenvalue weighted by Crippen LogP contribution is 2.37. The summed E-state index contributed by atoms with van der Waals surface area (Å²) in [7, 11) is 1.71. The summed E-state index contributed by atoms with van der Waals surface area (Å²) in [6.07, 6.45) is 13.2. The lowest BCUT2D eigenvalue weighted by atomic mass is 9.91. The second kappa shape index (κ2) is 12.9. The molecule has 0 spiro atoms. The van der Waals surface area contributed by atoms with Crippen LogP contribution in [-0.4, -0.2) is 59.0 Å². The second-order valence-electron chi connectivity index (χ2n) is 9.71. The molecule has 1 aliphatic carbocycles. The molecule has 3 heterocycles. The Kier molecular flexibility index (Phi) is 9.42. The first-order valence-corrected chi connectivity index (χ1v) is 13.6. The summed E-state index contributed by atoms with van der Waals surface area (Å²) in [6.45, 7) is 7.73. The van der Waals surface area contributed by atoms with Gasteiger partial charge in [-0.25, -0.2) is 9.97 Å².